The molecule has 132 valence electrons. The molecular weight excluding hydrogens is 344 g/mol. The van der Waals surface area contributed by atoms with E-state index >= 15 is 0 Å². The van der Waals surface area contributed by atoms with Crippen molar-refractivity contribution in [3.63, 3.8) is 0 Å². The van der Waals surface area contributed by atoms with Crippen molar-refractivity contribution < 1.29 is 19.1 Å². The van der Waals surface area contributed by atoms with Gasteiger partial charge in [0.25, 0.3) is 0 Å². The van der Waals surface area contributed by atoms with Crippen LogP contribution >= 0.6 is 0 Å². The molecule has 1 atom stereocenters. The number of rotatable bonds is 2. The maximum Gasteiger partial charge on any atom is 0.229 e. The quantitative estimate of drug-likeness (QED) is 0.885. The lowest BCUT2D eigenvalue weighted by atomic mass is 9.75. The van der Waals surface area contributed by atoms with E-state index in [0.717, 1.165) is 0 Å². The summed E-state index contributed by atoms with van der Waals surface area (Å²) in [5.74, 6) is -1.20. The van der Waals surface area contributed by atoms with Crippen molar-refractivity contribution in [1.29, 1.82) is 5.26 Å². The van der Waals surface area contributed by atoms with Gasteiger partial charge in [-0.1, -0.05) is 36.4 Å². The third kappa shape index (κ3) is 2.41. The molecule has 2 aromatic rings. The molecule has 0 unspecified atom stereocenters. The molecule has 27 heavy (non-hydrogen) atoms. The summed E-state index contributed by atoms with van der Waals surface area (Å²) in [5, 5.41) is 9.62. The molecular formula is C21H14N2O4. The molecule has 0 aromatic heterocycles. The van der Waals surface area contributed by atoms with Gasteiger partial charge in [0, 0.05) is 11.1 Å². The molecule has 6 nitrogen and oxygen atoms in total. The fourth-order valence-electron chi connectivity index (χ4n) is 3.44. The minimum absolute atomic E-state index is 0.0967. The van der Waals surface area contributed by atoms with Crippen LogP contribution in [0.3, 0.4) is 0 Å². The van der Waals surface area contributed by atoms with Crippen LogP contribution < -0.4 is 10.5 Å². The van der Waals surface area contributed by atoms with Gasteiger partial charge in [0.05, 0.1) is 18.6 Å². The lowest BCUT2D eigenvalue weighted by Crippen LogP contribution is -2.32. The van der Waals surface area contributed by atoms with Crippen molar-refractivity contribution in [3.8, 4) is 11.8 Å². The lowest BCUT2D eigenvalue weighted by molar-refractivity contribution is 0.0897. The zero-order valence-corrected chi connectivity index (χ0v) is 14.4. The van der Waals surface area contributed by atoms with E-state index in [-0.39, 0.29) is 34.1 Å². The van der Waals surface area contributed by atoms with Gasteiger partial charge in [0.15, 0.2) is 11.5 Å². The van der Waals surface area contributed by atoms with Crippen LogP contribution in [0.15, 0.2) is 71.3 Å². The number of allylic oxidation sites excluding steroid dienone is 3. The molecule has 1 heterocycles. The first-order chi connectivity index (χ1) is 13.1. The van der Waals surface area contributed by atoms with Gasteiger partial charge >= 0.3 is 0 Å². The van der Waals surface area contributed by atoms with Crippen LogP contribution in [0.4, 0.5) is 0 Å². The second-order valence-corrected chi connectivity index (χ2v) is 6.14. The molecule has 6 heteroatoms. The Hall–Kier alpha value is -3.85. The third-order valence-electron chi connectivity index (χ3n) is 4.74. The summed E-state index contributed by atoms with van der Waals surface area (Å²) < 4.78 is 10.6. The van der Waals surface area contributed by atoms with E-state index in [1.165, 1.54) is 0 Å². The van der Waals surface area contributed by atoms with Crippen molar-refractivity contribution in [2.45, 2.75) is 5.92 Å². The van der Waals surface area contributed by atoms with Crippen LogP contribution in [-0.2, 0) is 4.74 Å². The summed E-state index contributed by atoms with van der Waals surface area (Å²) in [7, 11) is 1.54. The minimum atomic E-state index is -0.783. The Morgan fingerprint density at radius 3 is 2.26 bits per heavy atom. The molecule has 2 aromatic carbocycles. The number of nitrogens with zero attached hydrogens (tertiary/aromatic N) is 1. The first kappa shape index (κ1) is 16.6. The molecule has 0 bridgehead atoms. The third-order valence-corrected chi connectivity index (χ3v) is 4.74. The van der Waals surface area contributed by atoms with Crippen molar-refractivity contribution in [1.82, 2.24) is 0 Å². The monoisotopic (exact) mass is 358 g/mol. The highest BCUT2D eigenvalue weighted by molar-refractivity contribution is 6.27. The van der Waals surface area contributed by atoms with Crippen LogP contribution in [0, 0.1) is 11.3 Å². The lowest BCUT2D eigenvalue weighted by Gasteiger charge is -2.30. The van der Waals surface area contributed by atoms with Crippen LogP contribution in [0.5, 0.6) is 5.75 Å². The van der Waals surface area contributed by atoms with Crippen molar-refractivity contribution in [2.24, 2.45) is 5.73 Å². The van der Waals surface area contributed by atoms with Crippen LogP contribution in [0.25, 0.3) is 0 Å². The molecule has 2 N–H and O–H groups in total. The number of Topliss-reactive ketones (excluding diaryl/α,β-unsaturated/α-hetero) is 2. The van der Waals surface area contributed by atoms with Crippen LogP contribution in [0.1, 0.15) is 32.2 Å². The van der Waals surface area contributed by atoms with Crippen molar-refractivity contribution in [3.05, 3.63) is 88.0 Å². The molecule has 0 saturated carbocycles. The Morgan fingerprint density at radius 2 is 1.67 bits per heavy atom. The molecule has 1 aliphatic heterocycles. The minimum Gasteiger partial charge on any atom is -0.497 e. The number of nitrogens with two attached hydrogens (primary N) is 1. The number of nitriles is 1. The average molecular weight is 358 g/mol. The highest BCUT2D eigenvalue weighted by Gasteiger charge is 2.43. The number of ether oxygens (including phenoxy) is 2. The maximum atomic E-state index is 13.2. The summed E-state index contributed by atoms with van der Waals surface area (Å²) in [5.41, 5.74) is 7.36. The summed E-state index contributed by atoms with van der Waals surface area (Å²) in [6, 6.07) is 15.5. The summed E-state index contributed by atoms with van der Waals surface area (Å²) in [6.07, 6.45) is 0. The first-order valence-corrected chi connectivity index (χ1v) is 8.21. The van der Waals surface area contributed by atoms with Gasteiger partial charge < -0.3 is 15.2 Å². The Kier molecular flexibility index (Phi) is 3.78. The number of methoxy groups -OCH3 is 1. The largest absolute Gasteiger partial charge is 0.497 e. The van der Waals surface area contributed by atoms with Gasteiger partial charge in [0.2, 0.25) is 11.7 Å². The zero-order chi connectivity index (χ0) is 19.1. The predicted molar refractivity (Wildman–Crippen MR) is 95.8 cm³/mol. The van der Waals surface area contributed by atoms with Gasteiger partial charge in [0.1, 0.15) is 17.4 Å². The average Bonchev–Trinajstić information content (AvgIpc) is 2.71. The Balaban J connectivity index is 1.94. The van der Waals surface area contributed by atoms with E-state index in [1.807, 2.05) is 6.07 Å². The van der Waals surface area contributed by atoms with Gasteiger partial charge in [-0.2, -0.15) is 5.26 Å². The summed E-state index contributed by atoms with van der Waals surface area (Å²) in [4.78, 5) is 26.1. The second-order valence-electron chi connectivity index (χ2n) is 6.14. The van der Waals surface area contributed by atoms with E-state index in [0.29, 0.717) is 16.9 Å². The molecule has 4 rings (SSSR count). The van der Waals surface area contributed by atoms with E-state index in [2.05, 4.69) is 0 Å². The summed E-state index contributed by atoms with van der Waals surface area (Å²) in [6.45, 7) is 0. The molecule has 0 amide bonds. The van der Waals surface area contributed by atoms with E-state index in [4.69, 9.17) is 15.2 Å². The number of ketones is 2. The fraction of sp³-hybridized carbons (Fsp3) is 0.0952. The van der Waals surface area contributed by atoms with Crippen LogP contribution in [0.2, 0.25) is 0 Å². The van der Waals surface area contributed by atoms with Gasteiger partial charge in [-0.05, 0) is 17.7 Å². The van der Waals surface area contributed by atoms with Gasteiger partial charge in [-0.3, -0.25) is 9.59 Å². The van der Waals surface area contributed by atoms with Gasteiger partial charge in [-0.15, -0.1) is 0 Å². The number of carbonyl (C=O) groups is 2. The maximum absolute atomic E-state index is 13.2. The number of fused-ring (bicyclic) bond motifs is 1. The number of benzene rings is 2. The standard InChI is InChI=1S/C21H14N2O4/c1-26-12-8-6-11(7-9-12)16-15(10-22)21(23)27-20-17(16)18(24)13-4-2-3-5-14(13)19(20)25/h2-9,16H,23H2,1H3/t16-/m0/s1. The second kappa shape index (κ2) is 6.15. The smallest absolute Gasteiger partial charge is 0.229 e. The van der Waals surface area contributed by atoms with Crippen LogP contribution in [-0.4, -0.2) is 18.7 Å². The Morgan fingerprint density at radius 1 is 1.04 bits per heavy atom. The summed E-state index contributed by atoms with van der Waals surface area (Å²) >= 11 is 0. The molecule has 1 aliphatic carbocycles. The van der Waals surface area contributed by atoms with E-state index < -0.39 is 11.7 Å². The number of carbonyl (C=O) groups excluding carboxylic acids is 2. The van der Waals surface area contributed by atoms with Crippen molar-refractivity contribution in [2.75, 3.05) is 7.11 Å². The fourth-order valence-corrected chi connectivity index (χ4v) is 3.44. The van der Waals surface area contributed by atoms with Crippen molar-refractivity contribution >= 4 is 11.6 Å². The topological polar surface area (TPSA) is 102 Å². The van der Waals surface area contributed by atoms with E-state index in [1.54, 1.807) is 55.6 Å². The Bertz CT molecular complexity index is 1090. The molecule has 0 saturated heterocycles. The molecule has 2 aliphatic rings. The molecule has 0 fully saturated rings. The highest BCUT2D eigenvalue weighted by Crippen LogP contribution is 2.44. The number of hydrogen-bond acceptors (Lipinski definition) is 6. The number of hydrogen-bond donors (Lipinski definition) is 1. The highest BCUT2D eigenvalue weighted by atomic mass is 16.5. The normalized spacial score (nSPS) is 18.4. The molecule has 0 spiro atoms. The van der Waals surface area contributed by atoms with E-state index in [9.17, 15) is 14.9 Å². The molecule has 0 radical (unpaired) electrons. The van der Waals surface area contributed by atoms with Gasteiger partial charge in [-0.25, -0.2) is 0 Å². The predicted octanol–water partition coefficient (Wildman–Crippen LogP) is 2.84. The zero-order valence-electron chi connectivity index (χ0n) is 14.4. The Labute approximate surface area is 155 Å². The first-order valence-electron chi connectivity index (χ1n) is 8.21. The SMILES string of the molecule is COc1ccc([C@H]2C(C#N)=C(N)OC3=C2C(=O)c2ccccc2C3=O)cc1.